The molecule has 27 N–H and O–H groups in total. The van der Waals surface area contributed by atoms with Crippen molar-refractivity contribution >= 4 is 46.5 Å². The van der Waals surface area contributed by atoms with E-state index in [1.807, 2.05) is 13.8 Å². The first kappa shape index (κ1) is 88.7. The number of aliphatic carboxylic acids is 2. The van der Waals surface area contributed by atoms with Gasteiger partial charge in [-0.05, 0) is 120 Å². The molecule has 3 aliphatic rings. The number of rotatable bonds is 35. The van der Waals surface area contributed by atoms with E-state index in [0.717, 1.165) is 5.69 Å². The predicted molar refractivity (Wildman–Crippen MR) is 399 cm³/mol. The van der Waals surface area contributed by atoms with E-state index in [4.69, 9.17) is 90.3 Å². The Morgan fingerprint density at radius 1 is 0.402 bits per heavy atom. The summed E-state index contributed by atoms with van der Waals surface area (Å²) in [7, 11) is 0. The van der Waals surface area contributed by atoms with Crippen LogP contribution in [-0.4, -0.2) is 258 Å². The molecule has 9 rings (SSSR count). The van der Waals surface area contributed by atoms with Crippen molar-refractivity contribution in [3.05, 3.63) is 137 Å². The van der Waals surface area contributed by atoms with Gasteiger partial charge in [-0.1, -0.05) is 0 Å². The minimum atomic E-state index is -1.76. The lowest BCUT2D eigenvalue weighted by molar-refractivity contribution is -0.277. The van der Waals surface area contributed by atoms with E-state index in [0.29, 0.717) is 47.1 Å². The Labute approximate surface area is 642 Å². The van der Waals surface area contributed by atoms with Crippen molar-refractivity contribution in [2.24, 2.45) is 17.2 Å². The second-order valence-electron chi connectivity index (χ2n) is 24.9. The van der Waals surface area contributed by atoms with Crippen molar-refractivity contribution in [1.29, 1.82) is 16.2 Å². The van der Waals surface area contributed by atoms with Crippen LogP contribution in [0.5, 0.6) is 57.5 Å². The van der Waals surface area contributed by atoms with Crippen molar-refractivity contribution in [3.8, 4) is 57.5 Å². The highest BCUT2D eigenvalue weighted by Crippen LogP contribution is 2.44. The zero-order chi connectivity index (χ0) is 82.4. The molecule has 3 heterocycles. The third-order valence-electron chi connectivity index (χ3n) is 17.3. The molecule has 0 saturated carbocycles. The first-order valence-electron chi connectivity index (χ1n) is 35.4. The number of carboxylic acids is 2. The standard InChI is InChI=1S/C25H33N3O11.C25H33N3O10.C24H33N3O8/c1-3-36-16-8-13(19(24(34)35)28-11-5-6-12(23(26)27)14(30)7-11)15(9-17(16)37-4-2)38-25-22(33)21(32)20(31)18(10-29)39-25;1-3-35-16-9-14(19(24(33)34)28-13-7-5-12(6-8-13)23(26)27)15(10-17(16)36-4-2)37-25-22(32)21(31)20(30)18(11-29)38-25;1-3-32-17-9-14(11-27-15-7-5-13(6-8-15)23(25)26)16(10-18(17)33-4-2)34-24-22(31)21(30)20(29)19(12-28)35-24/h5-9,18-22,25,28-33H,3-4,10H2,1-2H3,(H3,26,27)(H,34,35);5-10,18-22,25,28-32H,3-4,11H2,1-2H3,(H3,26,27)(H,33,34);5-10,19-22,24,27-31H,3-4,11-12H2,1-2H3,(H3,25,26)/t2*18-,19-,20-,21+,22-,25-;19-,20-,21+,22-,24-/m111/s1. The number of aromatic hydroxyl groups is 1. The molecule has 0 aliphatic carbocycles. The number of carbonyl (C=O) groups is 2. The molecule has 0 radical (unpaired) electrons. The molecule has 17 atom stereocenters. The van der Waals surface area contributed by atoms with E-state index in [1.165, 1.54) is 42.5 Å². The Hall–Kier alpha value is -10.5. The summed E-state index contributed by atoms with van der Waals surface area (Å²) in [6, 6.07) is 23.1. The van der Waals surface area contributed by atoms with Crippen LogP contribution in [0.15, 0.2) is 103 Å². The van der Waals surface area contributed by atoms with Gasteiger partial charge in [0.25, 0.3) is 0 Å². The van der Waals surface area contributed by atoms with Gasteiger partial charge in [-0.25, -0.2) is 9.59 Å². The fraction of sp³-hybridized carbons (Fsp3) is 0.446. The number of carboxylic acid groups (broad SMARTS) is 2. The number of phenols is 1. The third kappa shape index (κ3) is 22.4. The average Bonchev–Trinajstić information content (AvgIpc) is 0.767. The Balaban J connectivity index is 0.000000233. The predicted octanol–water partition coefficient (Wildman–Crippen LogP) is 0.634. The number of nitrogens with one attached hydrogen (secondary N) is 6. The van der Waals surface area contributed by atoms with Crippen LogP contribution in [0.25, 0.3) is 0 Å². The fourth-order valence-corrected chi connectivity index (χ4v) is 11.5. The van der Waals surface area contributed by atoms with Crippen LogP contribution in [0, 0.1) is 16.2 Å². The number of phenolic OH excluding ortho intramolecular Hbond substituents is 1. The van der Waals surface area contributed by atoms with Crippen LogP contribution in [0.2, 0.25) is 0 Å². The van der Waals surface area contributed by atoms with E-state index >= 15 is 0 Å². The zero-order valence-electron chi connectivity index (χ0n) is 61.9. The highest BCUT2D eigenvalue weighted by atomic mass is 16.7. The molecule has 112 heavy (non-hydrogen) atoms. The second kappa shape index (κ2) is 41.7. The summed E-state index contributed by atoms with van der Waals surface area (Å²) in [6.45, 7) is 10.7. The molecule has 0 amide bonds. The van der Waals surface area contributed by atoms with Gasteiger partial charge in [-0.2, -0.15) is 0 Å². The lowest BCUT2D eigenvalue weighted by Gasteiger charge is -2.40. The Morgan fingerprint density at radius 3 is 1.04 bits per heavy atom. The molecular formula is C74H99N9O29. The molecule has 3 saturated heterocycles. The smallest absolute Gasteiger partial charge is 0.330 e. The van der Waals surface area contributed by atoms with Gasteiger partial charge >= 0.3 is 11.9 Å². The Morgan fingerprint density at radius 2 is 0.714 bits per heavy atom. The highest BCUT2D eigenvalue weighted by molar-refractivity contribution is 5.98. The molecular weight excluding hydrogens is 1480 g/mol. The van der Waals surface area contributed by atoms with Gasteiger partial charge in [0.2, 0.25) is 18.9 Å². The van der Waals surface area contributed by atoms with Gasteiger partial charge in [0.15, 0.2) is 46.6 Å². The van der Waals surface area contributed by atoms with Gasteiger partial charge in [0.1, 0.15) is 114 Å². The number of amidine groups is 3. The van der Waals surface area contributed by atoms with Crippen LogP contribution in [0.4, 0.5) is 17.1 Å². The van der Waals surface area contributed by atoms with Crippen LogP contribution in [-0.2, 0) is 30.3 Å². The summed E-state index contributed by atoms with van der Waals surface area (Å²) in [5.41, 5.74) is 19.5. The minimum absolute atomic E-state index is 0.0125. The van der Waals surface area contributed by atoms with Gasteiger partial charge < -0.3 is 167 Å². The van der Waals surface area contributed by atoms with Gasteiger partial charge in [-0.15, -0.1) is 0 Å². The molecule has 6 aromatic rings. The van der Waals surface area contributed by atoms with Crippen molar-refractivity contribution in [2.75, 3.05) is 75.4 Å². The molecule has 0 unspecified atom stereocenters. The number of aliphatic hydroxyl groups is 12. The molecule has 0 bridgehead atoms. The van der Waals surface area contributed by atoms with Crippen LogP contribution < -0.4 is 75.8 Å². The maximum atomic E-state index is 12.5. The van der Waals surface area contributed by atoms with E-state index in [2.05, 4.69) is 16.0 Å². The highest BCUT2D eigenvalue weighted by Gasteiger charge is 2.48. The monoisotopic (exact) mass is 1580 g/mol. The van der Waals surface area contributed by atoms with E-state index < -0.39 is 136 Å². The molecule has 6 aromatic carbocycles. The van der Waals surface area contributed by atoms with Crippen LogP contribution in [0.1, 0.15) is 87.0 Å². The molecule has 614 valence electrons. The normalized spacial score (nSPS) is 23.8. The summed E-state index contributed by atoms with van der Waals surface area (Å²) < 4.78 is 68.0. The summed E-state index contributed by atoms with van der Waals surface area (Å²) in [6.07, 6.45) is -22.9. The quantitative estimate of drug-likeness (QED) is 0.0192. The molecule has 3 aliphatic heterocycles. The van der Waals surface area contributed by atoms with Gasteiger partial charge in [0.05, 0.1) is 65.0 Å². The molecule has 38 heteroatoms. The lowest BCUT2D eigenvalue weighted by Crippen LogP contribution is -2.60. The minimum Gasteiger partial charge on any atom is -0.507 e. The number of ether oxygens (including phenoxy) is 12. The van der Waals surface area contributed by atoms with Crippen molar-refractivity contribution < 1.29 is 143 Å². The number of aliphatic hydroxyl groups excluding tert-OH is 12. The largest absolute Gasteiger partial charge is 0.507 e. The van der Waals surface area contributed by atoms with Gasteiger partial charge in [-0.3, -0.25) is 16.2 Å². The molecule has 3 fully saturated rings. The van der Waals surface area contributed by atoms with Crippen molar-refractivity contribution in [1.82, 2.24) is 0 Å². The number of benzene rings is 6. The first-order valence-corrected chi connectivity index (χ1v) is 35.4. The Bertz CT molecular complexity index is 4090. The summed E-state index contributed by atoms with van der Waals surface area (Å²) in [5.74, 6) is -1.72. The van der Waals surface area contributed by atoms with Crippen molar-refractivity contribution in [3.63, 3.8) is 0 Å². The number of hydrogen-bond acceptors (Lipinski definition) is 33. The molecule has 0 spiro atoms. The lowest BCUT2D eigenvalue weighted by atomic mass is 9.99. The molecule has 38 nitrogen and oxygen atoms in total. The number of hydrogen-bond donors (Lipinski definition) is 24. The number of anilines is 3. The van der Waals surface area contributed by atoms with Gasteiger partial charge in [0, 0.05) is 75.7 Å². The fourth-order valence-electron chi connectivity index (χ4n) is 11.5. The molecule has 0 aromatic heterocycles. The van der Waals surface area contributed by atoms with E-state index in [1.54, 1.807) is 88.4 Å². The van der Waals surface area contributed by atoms with Crippen LogP contribution >= 0.6 is 0 Å². The second-order valence-corrected chi connectivity index (χ2v) is 24.9. The van der Waals surface area contributed by atoms with Crippen molar-refractivity contribution in [2.45, 2.75) is 152 Å². The maximum absolute atomic E-state index is 12.5. The average molecular weight is 1580 g/mol. The third-order valence-corrected chi connectivity index (χ3v) is 17.3. The van der Waals surface area contributed by atoms with Crippen LogP contribution in [0.3, 0.4) is 0 Å². The summed E-state index contributed by atoms with van der Waals surface area (Å²) in [5, 5.41) is 183. The topological polar surface area (TPSA) is 634 Å². The Kier molecular flexibility index (Phi) is 33.0. The SMILES string of the molecule is CCOc1cc(CNc2ccc(C(=N)N)cc2)c(O[C@@H]2O[C@H](CO)[C@@H](O)[C@H](O)[C@H]2O)cc1OCC.CCOc1cc(O[C@@H]2O[C@H](CO)[C@@H](O)[C@H](O)[C@H]2O)c([C@@H](Nc2ccc(C(=N)N)c(O)c2)C(=O)O)cc1OCC.CCOc1cc(O[C@@H]2O[C@H](CO)[C@@H](O)[C@H](O)[C@H]2O)c([C@@H](Nc2ccc(C(=N)N)cc2)C(=O)O)cc1OCC. The number of nitrogens with two attached hydrogens (primary N) is 3. The first-order chi connectivity index (χ1) is 53.4. The maximum Gasteiger partial charge on any atom is 0.330 e. The van der Waals surface area contributed by atoms with E-state index in [-0.39, 0.29) is 119 Å². The summed E-state index contributed by atoms with van der Waals surface area (Å²) >= 11 is 0. The number of nitrogen functional groups attached to an aromatic ring is 3. The summed E-state index contributed by atoms with van der Waals surface area (Å²) in [4.78, 5) is 24.9. The van der Waals surface area contributed by atoms with E-state index in [9.17, 15) is 86.2 Å². The zero-order valence-corrected chi connectivity index (χ0v) is 61.9.